The molecule has 1 amide bonds. The molecule has 1 aliphatic rings. The topological polar surface area (TPSA) is 43.8 Å². The van der Waals surface area contributed by atoms with Crippen LogP contribution in [-0.4, -0.2) is 58.9 Å². The summed E-state index contributed by atoms with van der Waals surface area (Å²) < 4.78 is 40.3. The summed E-state index contributed by atoms with van der Waals surface area (Å²) in [6, 6.07) is -2.96. The molecule has 1 heterocycles. The van der Waals surface area contributed by atoms with Crippen LogP contribution in [0.4, 0.5) is 18.0 Å². The van der Waals surface area contributed by atoms with Gasteiger partial charge in [0, 0.05) is 19.6 Å². The zero-order chi connectivity index (χ0) is 15.7. The largest absolute Gasteiger partial charge is 0.465 e. The van der Waals surface area contributed by atoms with E-state index in [1.165, 1.54) is 11.0 Å². The molecule has 4 nitrogen and oxygen atoms in total. The Morgan fingerprint density at radius 2 is 1.85 bits per heavy atom. The van der Waals surface area contributed by atoms with Crippen molar-refractivity contribution in [3.05, 3.63) is 12.7 Å². The molecule has 0 saturated carbocycles. The van der Waals surface area contributed by atoms with Gasteiger partial charge in [0.15, 0.2) is 0 Å². The molecule has 1 saturated heterocycles. The van der Waals surface area contributed by atoms with Crippen LogP contribution in [0, 0.1) is 5.41 Å². The van der Waals surface area contributed by atoms with Crippen molar-refractivity contribution in [3.8, 4) is 0 Å². The van der Waals surface area contributed by atoms with Crippen LogP contribution in [0.3, 0.4) is 0 Å². The number of carbonyl (C=O) groups is 1. The summed E-state index contributed by atoms with van der Waals surface area (Å²) in [6.45, 7) is 8.57. The van der Waals surface area contributed by atoms with Gasteiger partial charge in [0.05, 0.1) is 6.04 Å². The van der Waals surface area contributed by atoms with Gasteiger partial charge in [-0.15, -0.1) is 6.58 Å². The molecule has 7 heteroatoms. The highest BCUT2D eigenvalue weighted by Gasteiger charge is 2.56. The number of hydrogen-bond acceptors (Lipinski definition) is 2. The smallest absolute Gasteiger partial charge is 0.407 e. The van der Waals surface area contributed by atoms with Crippen molar-refractivity contribution >= 4 is 6.09 Å². The molecule has 1 aliphatic heterocycles. The third-order valence-corrected chi connectivity index (χ3v) is 3.49. The normalized spacial score (nSPS) is 25.6. The molecular formula is C13H21F3N2O2. The van der Waals surface area contributed by atoms with E-state index in [2.05, 4.69) is 6.58 Å². The first-order valence-electron chi connectivity index (χ1n) is 6.41. The number of nitrogens with zero attached hydrogens (tertiary/aromatic N) is 2. The van der Waals surface area contributed by atoms with Crippen LogP contribution >= 0.6 is 0 Å². The molecule has 1 rings (SSSR count). The van der Waals surface area contributed by atoms with E-state index < -0.39 is 29.8 Å². The number of piperazine rings is 1. The van der Waals surface area contributed by atoms with Gasteiger partial charge in [0.25, 0.3) is 0 Å². The summed E-state index contributed by atoms with van der Waals surface area (Å²) in [5, 5.41) is 9.19. The molecule has 0 aliphatic carbocycles. The van der Waals surface area contributed by atoms with E-state index in [1.54, 1.807) is 20.8 Å². The first kappa shape index (κ1) is 16.8. The molecule has 20 heavy (non-hydrogen) atoms. The molecule has 1 fully saturated rings. The zero-order valence-corrected chi connectivity index (χ0v) is 11.9. The van der Waals surface area contributed by atoms with Crippen LogP contribution in [0.1, 0.15) is 20.8 Å². The van der Waals surface area contributed by atoms with Crippen LogP contribution in [0.2, 0.25) is 0 Å². The number of amides is 1. The Kier molecular flexibility index (Phi) is 4.74. The summed E-state index contributed by atoms with van der Waals surface area (Å²) in [7, 11) is 0. The third-order valence-electron chi connectivity index (χ3n) is 3.49. The van der Waals surface area contributed by atoms with Gasteiger partial charge in [-0.05, 0) is 5.41 Å². The highest BCUT2D eigenvalue weighted by molar-refractivity contribution is 5.66. The Balaban J connectivity index is 3.26. The van der Waals surface area contributed by atoms with Gasteiger partial charge in [-0.25, -0.2) is 4.79 Å². The summed E-state index contributed by atoms with van der Waals surface area (Å²) in [5.41, 5.74) is -0.821. The van der Waals surface area contributed by atoms with E-state index in [9.17, 15) is 23.1 Å². The fraction of sp³-hybridized carbons (Fsp3) is 0.769. The van der Waals surface area contributed by atoms with Crippen LogP contribution in [0.5, 0.6) is 0 Å². The Labute approximate surface area is 116 Å². The van der Waals surface area contributed by atoms with E-state index in [-0.39, 0.29) is 19.6 Å². The lowest BCUT2D eigenvalue weighted by molar-refractivity contribution is -0.217. The fourth-order valence-corrected chi connectivity index (χ4v) is 2.80. The number of hydrogen-bond donors (Lipinski definition) is 1. The van der Waals surface area contributed by atoms with Crippen molar-refractivity contribution in [2.45, 2.75) is 39.0 Å². The molecule has 1 N–H and O–H groups in total. The van der Waals surface area contributed by atoms with Gasteiger partial charge < -0.3 is 10.0 Å². The van der Waals surface area contributed by atoms with E-state index in [0.29, 0.717) is 0 Å². The molecule has 2 atom stereocenters. The number of rotatable bonds is 2. The minimum Gasteiger partial charge on any atom is -0.465 e. The molecule has 0 aromatic rings. The minimum absolute atomic E-state index is 0.0507. The number of halogens is 3. The maximum atomic E-state index is 13.4. The maximum Gasteiger partial charge on any atom is 0.407 e. The van der Waals surface area contributed by atoms with Crippen molar-refractivity contribution in [1.82, 2.24) is 9.80 Å². The standard InChI is InChI=1S/C13H21F3N2O2/c1-5-6-17-7-8-18(11(19)20)9(12(2,3)4)10(17)13(14,15)16/h5,9-10H,1,6-8H2,2-4H3,(H,19,20)/t9-,10+/m0/s1. The highest BCUT2D eigenvalue weighted by Crippen LogP contribution is 2.39. The molecular weight excluding hydrogens is 273 g/mol. The second-order valence-electron chi connectivity index (χ2n) is 6.06. The van der Waals surface area contributed by atoms with E-state index in [4.69, 9.17) is 0 Å². The van der Waals surface area contributed by atoms with Crippen molar-refractivity contribution in [2.24, 2.45) is 5.41 Å². The molecule has 116 valence electrons. The van der Waals surface area contributed by atoms with Gasteiger partial charge >= 0.3 is 12.3 Å². The van der Waals surface area contributed by atoms with E-state index in [0.717, 1.165) is 4.90 Å². The second-order valence-corrected chi connectivity index (χ2v) is 6.06. The van der Waals surface area contributed by atoms with Crippen molar-refractivity contribution in [3.63, 3.8) is 0 Å². The quantitative estimate of drug-likeness (QED) is 0.796. The second kappa shape index (κ2) is 5.63. The lowest BCUT2D eigenvalue weighted by atomic mass is 9.79. The van der Waals surface area contributed by atoms with Gasteiger partial charge in [-0.2, -0.15) is 13.2 Å². The maximum absolute atomic E-state index is 13.4. The van der Waals surface area contributed by atoms with Crippen LogP contribution < -0.4 is 0 Å². The summed E-state index contributed by atoms with van der Waals surface area (Å²) in [4.78, 5) is 13.4. The van der Waals surface area contributed by atoms with Gasteiger partial charge in [-0.3, -0.25) is 4.90 Å². The van der Waals surface area contributed by atoms with Crippen LogP contribution in [0.25, 0.3) is 0 Å². The first-order chi connectivity index (χ1) is 9.00. The third kappa shape index (κ3) is 3.45. The Hall–Kier alpha value is -1.24. The average molecular weight is 294 g/mol. The van der Waals surface area contributed by atoms with E-state index in [1.807, 2.05) is 0 Å². The van der Waals surface area contributed by atoms with Gasteiger partial charge in [0.2, 0.25) is 0 Å². The molecule has 0 radical (unpaired) electrons. The molecule has 0 bridgehead atoms. The van der Waals surface area contributed by atoms with Crippen LogP contribution in [-0.2, 0) is 0 Å². The number of carboxylic acid groups (broad SMARTS) is 1. The molecule has 0 aromatic heterocycles. The van der Waals surface area contributed by atoms with Gasteiger partial charge in [0.1, 0.15) is 6.04 Å². The van der Waals surface area contributed by atoms with Gasteiger partial charge in [-0.1, -0.05) is 26.8 Å². The lowest BCUT2D eigenvalue weighted by Crippen LogP contribution is -2.69. The SMILES string of the molecule is C=CCN1CCN(C(=O)O)[C@H](C(C)(C)C)[C@@H]1C(F)(F)F. The first-order valence-corrected chi connectivity index (χ1v) is 6.41. The Bertz CT molecular complexity index is 377. The summed E-state index contributed by atoms with van der Waals surface area (Å²) in [5.74, 6) is 0. The minimum atomic E-state index is -4.49. The summed E-state index contributed by atoms with van der Waals surface area (Å²) >= 11 is 0. The highest BCUT2D eigenvalue weighted by atomic mass is 19.4. The van der Waals surface area contributed by atoms with E-state index >= 15 is 0 Å². The zero-order valence-electron chi connectivity index (χ0n) is 11.9. The Morgan fingerprint density at radius 3 is 2.20 bits per heavy atom. The van der Waals surface area contributed by atoms with Crippen molar-refractivity contribution in [2.75, 3.05) is 19.6 Å². The lowest BCUT2D eigenvalue weighted by Gasteiger charge is -2.51. The molecule has 0 aromatic carbocycles. The van der Waals surface area contributed by atoms with Crippen molar-refractivity contribution < 1.29 is 23.1 Å². The predicted octanol–water partition coefficient (Wildman–Crippen LogP) is 2.81. The van der Waals surface area contributed by atoms with Crippen LogP contribution in [0.15, 0.2) is 12.7 Å². The fourth-order valence-electron chi connectivity index (χ4n) is 2.80. The predicted molar refractivity (Wildman–Crippen MR) is 69.6 cm³/mol. The Morgan fingerprint density at radius 1 is 1.30 bits per heavy atom. The average Bonchev–Trinajstić information content (AvgIpc) is 2.25. The van der Waals surface area contributed by atoms with Crippen molar-refractivity contribution in [1.29, 1.82) is 0 Å². The molecule has 0 spiro atoms. The monoisotopic (exact) mass is 294 g/mol. The summed E-state index contributed by atoms with van der Waals surface area (Å²) in [6.07, 6.45) is -4.39. The number of alkyl halides is 3. The molecule has 0 unspecified atom stereocenters.